The van der Waals surface area contributed by atoms with Crippen LogP contribution in [-0.2, 0) is 29.0 Å². The lowest BCUT2D eigenvalue weighted by atomic mass is 9.99. The summed E-state index contributed by atoms with van der Waals surface area (Å²) >= 11 is 1.69. The van der Waals surface area contributed by atoms with Gasteiger partial charge in [0.1, 0.15) is 0 Å². The molecule has 1 aromatic carbocycles. The van der Waals surface area contributed by atoms with Crippen molar-refractivity contribution in [2.75, 3.05) is 13.1 Å². The van der Waals surface area contributed by atoms with Crippen molar-refractivity contribution < 1.29 is 9.59 Å². The molecule has 0 atom stereocenters. The fraction of sp³-hybridized carbons (Fsp3) is 0.368. The van der Waals surface area contributed by atoms with Crippen LogP contribution in [0.4, 0.5) is 0 Å². The number of hydrogen-bond acceptors (Lipinski definition) is 3. The second-order valence-electron chi connectivity index (χ2n) is 6.01. The third-order valence-electron chi connectivity index (χ3n) is 4.32. The van der Waals surface area contributed by atoms with Crippen molar-refractivity contribution in [3.8, 4) is 0 Å². The van der Waals surface area contributed by atoms with Gasteiger partial charge in [-0.1, -0.05) is 30.3 Å². The summed E-state index contributed by atoms with van der Waals surface area (Å²) in [6.45, 7) is 2.04. The van der Waals surface area contributed by atoms with Crippen molar-refractivity contribution in [1.29, 1.82) is 0 Å². The van der Waals surface area contributed by atoms with Gasteiger partial charge in [-0.05, 0) is 35.4 Å². The Bertz CT molecular complexity index is 697. The first-order valence-corrected chi connectivity index (χ1v) is 9.24. The third-order valence-corrected chi connectivity index (χ3v) is 5.26. The molecular formula is C19H22N2O2S. The molecule has 0 aliphatic carbocycles. The number of carbonyl (C=O) groups excluding carboxylic acids is 2. The van der Waals surface area contributed by atoms with Gasteiger partial charge in [0.2, 0.25) is 11.8 Å². The van der Waals surface area contributed by atoms with Crippen molar-refractivity contribution in [3.05, 3.63) is 57.8 Å². The molecule has 2 aromatic rings. The van der Waals surface area contributed by atoms with Crippen molar-refractivity contribution in [2.45, 2.75) is 32.2 Å². The molecule has 1 aliphatic rings. The summed E-state index contributed by atoms with van der Waals surface area (Å²) < 4.78 is 0. The van der Waals surface area contributed by atoms with Gasteiger partial charge in [0.25, 0.3) is 0 Å². The minimum atomic E-state index is -0.0442. The Labute approximate surface area is 146 Å². The van der Waals surface area contributed by atoms with E-state index in [0.29, 0.717) is 13.1 Å². The second kappa shape index (κ2) is 8.11. The van der Waals surface area contributed by atoms with E-state index in [1.165, 1.54) is 16.0 Å². The monoisotopic (exact) mass is 342 g/mol. The summed E-state index contributed by atoms with van der Waals surface area (Å²) in [4.78, 5) is 27.3. The highest BCUT2D eigenvalue weighted by Gasteiger charge is 2.20. The van der Waals surface area contributed by atoms with Gasteiger partial charge in [0, 0.05) is 37.4 Å². The lowest BCUT2D eigenvalue weighted by Crippen LogP contribution is -2.36. The molecule has 4 nitrogen and oxygen atoms in total. The van der Waals surface area contributed by atoms with Crippen LogP contribution < -0.4 is 5.32 Å². The van der Waals surface area contributed by atoms with E-state index in [4.69, 9.17) is 0 Å². The normalized spacial score (nSPS) is 13.4. The van der Waals surface area contributed by atoms with E-state index >= 15 is 0 Å². The first-order chi connectivity index (χ1) is 11.7. The Morgan fingerprint density at radius 1 is 1.08 bits per heavy atom. The van der Waals surface area contributed by atoms with Crippen molar-refractivity contribution in [3.63, 3.8) is 0 Å². The number of nitrogens with one attached hydrogen (secondary N) is 1. The molecule has 126 valence electrons. The molecule has 0 spiro atoms. The lowest BCUT2D eigenvalue weighted by Gasteiger charge is -2.28. The Morgan fingerprint density at radius 3 is 2.71 bits per heavy atom. The van der Waals surface area contributed by atoms with Crippen LogP contribution in [0.1, 0.15) is 28.8 Å². The second-order valence-corrected chi connectivity index (χ2v) is 7.05. The average Bonchev–Trinajstić information content (AvgIpc) is 3.12. The maximum Gasteiger partial charge on any atom is 0.223 e. The molecule has 1 N–H and O–H groups in total. The molecule has 0 saturated carbocycles. The summed E-state index contributed by atoms with van der Waals surface area (Å²) in [5.41, 5.74) is 2.55. The number of rotatable bonds is 6. The Kier molecular flexibility index (Phi) is 5.64. The predicted molar refractivity (Wildman–Crippen MR) is 95.8 cm³/mol. The van der Waals surface area contributed by atoms with E-state index in [1.54, 1.807) is 11.3 Å². The molecule has 2 amide bonds. The fourth-order valence-corrected chi connectivity index (χ4v) is 3.66. The first kappa shape index (κ1) is 16.7. The highest BCUT2D eigenvalue weighted by atomic mass is 32.1. The number of nitrogens with zero attached hydrogens (tertiary/aromatic N) is 1. The van der Waals surface area contributed by atoms with Crippen LogP contribution in [0.5, 0.6) is 0 Å². The van der Waals surface area contributed by atoms with Gasteiger partial charge in [-0.3, -0.25) is 9.59 Å². The smallest absolute Gasteiger partial charge is 0.223 e. The van der Waals surface area contributed by atoms with E-state index in [2.05, 4.69) is 23.5 Å². The number of hydrogen-bond donors (Lipinski definition) is 1. The van der Waals surface area contributed by atoms with E-state index in [9.17, 15) is 9.59 Å². The summed E-state index contributed by atoms with van der Waals surface area (Å²) in [6.07, 6.45) is 2.30. The van der Waals surface area contributed by atoms with E-state index in [1.807, 2.05) is 28.5 Å². The first-order valence-electron chi connectivity index (χ1n) is 8.36. The zero-order valence-corrected chi connectivity index (χ0v) is 14.5. The third kappa shape index (κ3) is 4.45. The maximum atomic E-state index is 12.3. The molecule has 0 bridgehead atoms. The standard InChI is InChI=1S/C19H22N2O2S/c22-18(20-11-9-17-6-3-13-24-17)7-8-19(23)21-12-10-15-4-1-2-5-16(15)14-21/h1-6,13H,7-12,14H2,(H,20,22). The van der Waals surface area contributed by atoms with E-state index in [0.717, 1.165) is 19.4 Å². The molecule has 0 saturated heterocycles. The minimum Gasteiger partial charge on any atom is -0.356 e. The van der Waals surface area contributed by atoms with Crippen molar-refractivity contribution in [1.82, 2.24) is 10.2 Å². The molecular weight excluding hydrogens is 320 g/mol. The van der Waals surface area contributed by atoms with Crippen LogP contribution in [0.3, 0.4) is 0 Å². The Balaban J connectivity index is 1.38. The summed E-state index contributed by atoms with van der Waals surface area (Å²) in [7, 11) is 0. The highest BCUT2D eigenvalue weighted by Crippen LogP contribution is 2.19. The molecule has 24 heavy (non-hydrogen) atoms. The molecule has 1 aromatic heterocycles. The van der Waals surface area contributed by atoms with Gasteiger partial charge >= 0.3 is 0 Å². The van der Waals surface area contributed by atoms with Gasteiger partial charge in [0.05, 0.1) is 0 Å². The van der Waals surface area contributed by atoms with E-state index in [-0.39, 0.29) is 24.7 Å². The molecule has 1 aliphatic heterocycles. The zero-order chi connectivity index (χ0) is 16.8. The van der Waals surface area contributed by atoms with Gasteiger partial charge in [-0.25, -0.2) is 0 Å². The molecule has 2 heterocycles. The number of benzene rings is 1. The largest absolute Gasteiger partial charge is 0.356 e. The van der Waals surface area contributed by atoms with Gasteiger partial charge in [0.15, 0.2) is 0 Å². The van der Waals surface area contributed by atoms with Gasteiger partial charge in [-0.2, -0.15) is 0 Å². The minimum absolute atomic E-state index is 0.0442. The molecule has 3 rings (SSSR count). The number of thiophene rings is 1. The van der Waals surface area contributed by atoms with Crippen LogP contribution in [0.2, 0.25) is 0 Å². The molecule has 5 heteroatoms. The zero-order valence-electron chi connectivity index (χ0n) is 13.7. The number of amides is 2. The summed E-state index contributed by atoms with van der Waals surface area (Å²) in [6, 6.07) is 12.3. The number of carbonyl (C=O) groups is 2. The van der Waals surface area contributed by atoms with Crippen LogP contribution >= 0.6 is 11.3 Å². The fourth-order valence-electron chi connectivity index (χ4n) is 2.96. The highest BCUT2D eigenvalue weighted by molar-refractivity contribution is 7.09. The molecule has 0 unspecified atom stereocenters. The lowest BCUT2D eigenvalue weighted by molar-refractivity contribution is -0.134. The predicted octanol–water partition coefficient (Wildman–Crippen LogP) is 2.77. The van der Waals surface area contributed by atoms with Crippen molar-refractivity contribution in [2.24, 2.45) is 0 Å². The van der Waals surface area contributed by atoms with Gasteiger partial charge < -0.3 is 10.2 Å². The van der Waals surface area contributed by atoms with Gasteiger partial charge in [-0.15, -0.1) is 11.3 Å². The summed E-state index contributed by atoms with van der Waals surface area (Å²) in [5, 5.41) is 4.93. The topological polar surface area (TPSA) is 49.4 Å². The Hall–Kier alpha value is -2.14. The van der Waals surface area contributed by atoms with Crippen LogP contribution in [0.25, 0.3) is 0 Å². The van der Waals surface area contributed by atoms with E-state index < -0.39 is 0 Å². The Morgan fingerprint density at radius 2 is 1.92 bits per heavy atom. The maximum absolute atomic E-state index is 12.3. The molecule has 0 fully saturated rings. The SMILES string of the molecule is O=C(CCC(=O)N1CCc2ccccc2C1)NCCc1cccs1. The quantitative estimate of drug-likeness (QED) is 0.877. The van der Waals surface area contributed by atoms with Crippen LogP contribution in [-0.4, -0.2) is 29.8 Å². The molecule has 0 radical (unpaired) electrons. The van der Waals surface area contributed by atoms with Crippen molar-refractivity contribution >= 4 is 23.2 Å². The number of fused-ring (bicyclic) bond motifs is 1. The average molecular weight is 342 g/mol. The van der Waals surface area contributed by atoms with Crippen LogP contribution in [0.15, 0.2) is 41.8 Å². The summed E-state index contributed by atoms with van der Waals surface area (Å²) in [5.74, 6) is 0.0234. The van der Waals surface area contributed by atoms with Crippen LogP contribution in [0, 0.1) is 0 Å².